The van der Waals surface area contributed by atoms with Gasteiger partial charge in [-0.2, -0.15) is 0 Å². The van der Waals surface area contributed by atoms with Gasteiger partial charge in [-0.05, 0) is 31.4 Å². The Morgan fingerprint density at radius 1 is 0.917 bits per heavy atom. The average Bonchev–Trinajstić information content (AvgIpc) is 3.21. The second kappa shape index (κ2) is 5.25. The first-order chi connectivity index (χ1) is 11.5. The Morgan fingerprint density at radius 3 is 2.29 bits per heavy atom. The maximum Gasteiger partial charge on any atom is 0.328 e. The van der Waals surface area contributed by atoms with Gasteiger partial charge in [-0.1, -0.05) is 6.07 Å². The number of rotatable bonds is 2. The number of amides is 4. The fourth-order valence-corrected chi connectivity index (χ4v) is 3.81. The summed E-state index contributed by atoms with van der Waals surface area (Å²) >= 11 is 0. The van der Waals surface area contributed by atoms with Crippen molar-refractivity contribution in [3.8, 4) is 0 Å². The first kappa shape index (κ1) is 15.0. The molecule has 3 aliphatic heterocycles. The molecule has 4 amide bonds. The highest BCUT2D eigenvalue weighted by atomic mass is 19.1. The second-order valence-corrected chi connectivity index (χ2v) is 6.21. The number of carbonyl (C=O) groups excluding carboxylic acids is 3. The molecule has 0 unspecified atom stereocenters. The highest BCUT2D eigenvalue weighted by molar-refractivity contribution is 6.11. The first-order valence-corrected chi connectivity index (χ1v) is 7.90. The van der Waals surface area contributed by atoms with Gasteiger partial charge in [-0.25, -0.2) is 18.5 Å². The van der Waals surface area contributed by atoms with Crippen LogP contribution in [0.3, 0.4) is 0 Å². The number of para-hydroxylation sites is 1. The van der Waals surface area contributed by atoms with E-state index in [2.05, 4.69) is 0 Å². The van der Waals surface area contributed by atoms with Crippen molar-refractivity contribution in [3.63, 3.8) is 0 Å². The molecule has 3 aliphatic rings. The summed E-state index contributed by atoms with van der Waals surface area (Å²) in [5, 5.41) is 0. The number of nitrogens with zero attached hydrogens (tertiary/aromatic N) is 3. The highest BCUT2D eigenvalue weighted by Gasteiger charge is 2.53. The molecule has 0 bridgehead atoms. The molecule has 126 valence electrons. The van der Waals surface area contributed by atoms with Crippen LogP contribution >= 0.6 is 0 Å². The van der Waals surface area contributed by atoms with Crippen molar-refractivity contribution >= 4 is 23.5 Å². The lowest BCUT2D eigenvalue weighted by Gasteiger charge is -2.22. The molecule has 0 saturated carbocycles. The van der Waals surface area contributed by atoms with Gasteiger partial charge in [0.1, 0.15) is 29.4 Å². The lowest BCUT2D eigenvalue weighted by atomic mass is 10.1. The molecule has 3 heterocycles. The van der Waals surface area contributed by atoms with Gasteiger partial charge in [0.15, 0.2) is 0 Å². The molecule has 1 aromatic rings. The molecular formula is C16H15F2N3O3. The lowest BCUT2D eigenvalue weighted by Crippen LogP contribution is -2.46. The highest BCUT2D eigenvalue weighted by Crippen LogP contribution is 2.34. The predicted octanol–water partition coefficient (Wildman–Crippen LogP) is 1.50. The standard InChI is InChI=1S/C16H15F2N3O3/c17-9-3-1-4-10(18)13(9)20-8-6-12(14(20)22)21-15(23)11-5-2-7-19(11)16(21)24/h1,3-4,11-12H,2,5-8H2/t11-,12-/m1/s1. The zero-order chi connectivity index (χ0) is 17.0. The van der Waals surface area contributed by atoms with E-state index in [1.54, 1.807) is 0 Å². The van der Waals surface area contributed by atoms with E-state index < -0.39 is 41.3 Å². The topological polar surface area (TPSA) is 60.9 Å². The summed E-state index contributed by atoms with van der Waals surface area (Å²) in [4.78, 5) is 40.9. The van der Waals surface area contributed by atoms with E-state index in [1.165, 1.54) is 11.0 Å². The van der Waals surface area contributed by atoms with E-state index in [9.17, 15) is 23.2 Å². The predicted molar refractivity (Wildman–Crippen MR) is 79.1 cm³/mol. The molecule has 3 saturated heterocycles. The van der Waals surface area contributed by atoms with E-state index in [-0.39, 0.29) is 18.9 Å². The Hall–Kier alpha value is -2.51. The van der Waals surface area contributed by atoms with Gasteiger partial charge in [0.2, 0.25) is 0 Å². The zero-order valence-corrected chi connectivity index (χ0v) is 12.7. The number of urea groups is 1. The maximum atomic E-state index is 13.9. The molecule has 24 heavy (non-hydrogen) atoms. The summed E-state index contributed by atoms with van der Waals surface area (Å²) in [6, 6.07) is 1.40. The van der Waals surface area contributed by atoms with Gasteiger partial charge in [0.05, 0.1) is 0 Å². The van der Waals surface area contributed by atoms with Gasteiger partial charge < -0.3 is 9.80 Å². The van der Waals surface area contributed by atoms with E-state index in [4.69, 9.17) is 0 Å². The molecule has 8 heteroatoms. The minimum Gasteiger partial charge on any atom is -0.312 e. The quantitative estimate of drug-likeness (QED) is 0.770. The number of imide groups is 1. The van der Waals surface area contributed by atoms with Crippen LogP contribution in [-0.2, 0) is 9.59 Å². The van der Waals surface area contributed by atoms with Crippen LogP contribution in [0.4, 0.5) is 19.3 Å². The Bertz CT molecular complexity index is 712. The van der Waals surface area contributed by atoms with Crippen LogP contribution in [0.5, 0.6) is 0 Å². The van der Waals surface area contributed by atoms with Gasteiger partial charge in [-0.3, -0.25) is 9.59 Å². The summed E-state index contributed by atoms with van der Waals surface area (Å²) in [6.45, 7) is 0.557. The van der Waals surface area contributed by atoms with Crippen molar-refractivity contribution in [2.75, 3.05) is 18.0 Å². The number of hydrogen-bond acceptors (Lipinski definition) is 3. The van der Waals surface area contributed by atoms with E-state index in [0.717, 1.165) is 28.4 Å². The number of hydrogen-bond donors (Lipinski definition) is 0. The largest absolute Gasteiger partial charge is 0.328 e. The third-order valence-corrected chi connectivity index (χ3v) is 4.92. The summed E-state index contributed by atoms with van der Waals surface area (Å²) in [6.07, 6.45) is 1.53. The van der Waals surface area contributed by atoms with Gasteiger partial charge >= 0.3 is 6.03 Å². The van der Waals surface area contributed by atoms with Crippen molar-refractivity contribution in [3.05, 3.63) is 29.8 Å². The van der Waals surface area contributed by atoms with Crippen LogP contribution in [0.1, 0.15) is 19.3 Å². The Kier molecular flexibility index (Phi) is 3.29. The zero-order valence-electron chi connectivity index (χ0n) is 12.7. The monoisotopic (exact) mass is 335 g/mol. The smallest absolute Gasteiger partial charge is 0.312 e. The van der Waals surface area contributed by atoms with Crippen molar-refractivity contribution < 1.29 is 23.2 Å². The lowest BCUT2D eigenvalue weighted by molar-refractivity contribution is -0.133. The summed E-state index contributed by atoms with van der Waals surface area (Å²) < 4.78 is 27.9. The Morgan fingerprint density at radius 2 is 1.62 bits per heavy atom. The molecular weight excluding hydrogens is 320 g/mol. The fourth-order valence-electron chi connectivity index (χ4n) is 3.81. The minimum absolute atomic E-state index is 0.0586. The van der Waals surface area contributed by atoms with Crippen LogP contribution in [0.2, 0.25) is 0 Å². The molecule has 0 N–H and O–H groups in total. The molecule has 6 nitrogen and oxygen atoms in total. The van der Waals surface area contributed by atoms with Crippen LogP contribution in [0.15, 0.2) is 18.2 Å². The molecule has 0 spiro atoms. The average molecular weight is 335 g/mol. The van der Waals surface area contributed by atoms with E-state index in [0.29, 0.717) is 13.0 Å². The Labute approximate surface area is 136 Å². The molecule has 4 rings (SSSR count). The normalized spacial score (nSPS) is 26.8. The molecule has 3 fully saturated rings. The molecule has 0 radical (unpaired) electrons. The van der Waals surface area contributed by atoms with Gasteiger partial charge in [-0.15, -0.1) is 0 Å². The molecule has 2 atom stereocenters. The summed E-state index contributed by atoms with van der Waals surface area (Å²) in [7, 11) is 0. The molecule has 0 aromatic heterocycles. The summed E-state index contributed by atoms with van der Waals surface area (Å²) in [5.41, 5.74) is -0.426. The van der Waals surface area contributed by atoms with Crippen LogP contribution in [-0.4, -0.2) is 52.8 Å². The third kappa shape index (κ3) is 1.95. The number of fused-ring (bicyclic) bond motifs is 1. The first-order valence-electron chi connectivity index (χ1n) is 7.90. The Balaban J connectivity index is 1.63. The van der Waals surface area contributed by atoms with Crippen molar-refractivity contribution in [1.29, 1.82) is 0 Å². The second-order valence-electron chi connectivity index (χ2n) is 6.21. The van der Waals surface area contributed by atoms with Gasteiger partial charge in [0, 0.05) is 13.1 Å². The van der Waals surface area contributed by atoms with E-state index in [1.807, 2.05) is 0 Å². The van der Waals surface area contributed by atoms with Crippen LogP contribution < -0.4 is 4.90 Å². The van der Waals surface area contributed by atoms with Gasteiger partial charge in [0.25, 0.3) is 11.8 Å². The van der Waals surface area contributed by atoms with Crippen molar-refractivity contribution in [2.45, 2.75) is 31.3 Å². The van der Waals surface area contributed by atoms with Crippen molar-refractivity contribution in [1.82, 2.24) is 9.80 Å². The number of halogens is 2. The molecule has 0 aliphatic carbocycles. The van der Waals surface area contributed by atoms with Crippen LogP contribution in [0, 0.1) is 11.6 Å². The summed E-state index contributed by atoms with van der Waals surface area (Å²) in [5.74, 6) is -2.69. The fraction of sp³-hybridized carbons (Fsp3) is 0.438. The van der Waals surface area contributed by atoms with Crippen LogP contribution in [0.25, 0.3) is 0 Å². The minimum atomic E-state index is -0.991. The molecule has 1 aromatic carbocycles. The van der Waals surface area contributed by atoms with E-state index >= 15 is 0 Å². The van der Waals surface area contributed by atoms with Crippen molar-refractivity contribution in [2.24, 2.45) is 0 Å². The maximum absolute atomic E-state index is 13.9. The number of benzene rings is 1. The SMILES string of the molecule is O=C1[C@H](N2C(=O)[C@H]3CCCN3C2=O)CCN1c1c(F)cccc1F. The number of anilines is 1. The number of carbonyl (C=O) groups is 3. The third-order valence-electron chi connectivity index (χ3n) is 4.92.